The molecule has 5 heteroatoms. The number of nitrogens with zero attached hydrogens (tertiary/aromatic N) is 1. The van der Waals surface area contributed by atoms with Gasteiger partial charge in [-0.3, -0.25) is 0 Å². The van der Waals surface area contributed by atoms with E-state index in [1.54, 1.807) is 19.1 Å². The van der Waals surface area contributed by atoms with Crippen LogP contribution >= 0.6 is 11.6 Å². The van der Waals surface area contributed by atoms with Gasteiger partial charge in [0.15, 0.2) is 0 Å². The lowest BCUT2D eigenvalue weighted by Gasteiger charge is -2.38. The number of rotatable bonds is 2. The molecule has 1 saturated heterocycles. The Morgan fingerprint density at radius 2 is 2.22 bits per heavy atom. The van der Waals surface area contributed by atoms with Crippen LogP contribution in [0.2, 0.25) is 5.02 Å². The van der Waals surface area contributed by atoms with Crippen molar-refractivity contribution in [2.75, 3.05) is 18.0 Å². The van der Waals surface area contributed by atoms with E-state index in [2.05, 4.69) is 0 Å². The molecule has 18 heavy (non-hydrogen) atoms. The van der Waals surface area contributed by atoms with Crippen LogP contribution in [0.25, 0.3) is 0 Å². The molecule has 1 aromatic rings. The van der Waals surface area contributed by atoms with Crippen LogP contribution in [0.15, 0.2) is 18.2 Å². The van der Waals surface area contributed by atoms with Crippen molar-refractivity contribution < 1.29 is 15.0 Å². The zero-order valence-corrected chi connectivity index (χ0v) is 10.9. The van der Waals surface area contributed by atoms with E-state index >= 15 is 0 Å². The molecule has 1 unspecified atom stereocenters. The highest BCUT2D eigenvalue weighted by atomic mass is 35.5. The second kappa shape index (κ2) is 4.78. The Morgan fingerprint density at radius 3 is 2.83 bits per heavy atom. The molecule has 0 radical (unpaired) electrons. The summed E-state index contributed by atoms with van der Waals surface area (Å²) in [5.41, 5.74) is 0.0280. The van der Waals surface area contributed by atoms with Crippen LogP contribution in [0.3, 0.4) is 0 Å². The normalized spacial score (nSPS) is 24.1. The molecule has 0 bridgehead atoms. The van der Waals surface area contributed by atoms with Gasteiger partial charge in [-0.25, -0.2) is 4.79 Å². The summed E-state index contributed by atoms with van der Waals surface area (Å²) in [5.74, 6) is -1.00. The molecule has 0 saturated carbocycles. The van der Waals surface area contributed by atoms with E-state index in [-0.39, 0.29) is 5.56 Å². The number of anilines is 1. The summed E-state index contributed by atoms with van der Waals surface area (Å²) in [5, 5.41) is 19.7. The summed E-state index contributed by atoms with van der Waals surface area (Å²) in [6, 6.07) is 4.82. The smallest absolute Gasteiger partial charge is 0.337 e. The summed E-state index contributed by atoms with van der Waals surface area (Å²) in [7, 11) is 0. The minimum Gasteiger partial charge on any atom is -0.478 e. The molecule has 98 valence electrons. The molecule has 0 aromatic heterocycles. The minimum atomic E-state index is -1.00. The second-order valence-corrected chi connectivity index (χ2v) is 5.43. The maximum Gasteiger partial charge on any atom is 0.337 e. The molecule has 4 nitrogen and oxygen atoms in total. The fourth-order valence-electron chi connectivity index (χ4n) is 2.38. The van der Waals surface area contributed by atoms with Gasteiger partial charge in [-0.15, -0.1) is 0 Å². The number of hydrogen-bond acceptors (Lipinski definition) is 3. The van der Waals surface area contributed by atoms with Crippen LogP contribution in [-0.4, -0.2) is 34.9 Å². The third kappa shape index (κ3) is 2.76. The molecule has 0 amide bonds. The zero-order valence-electron chi connectivity index (χ0n) is 10.2. The second-order valence-electron chi connectivity index (χ2n) is 4.99. The van der Waals surface area contributed by atoms with E-state index in [4.69, 9.17) is 11.6 Å². The standard InChI is InChI=1S/C13H16ClNO3/c1-13(18)5-2-6-15(8-13)11-4-3-9(14)7-10(11)12(16)17/h3-4,7,18H,2,5-6,8H2,1H3,(H,16,17). The Balaban J connectivity index is 2.35. The van der Waals surface area contributed by atoms with Crippen molar-refractivity contribution in [1.29, 1.82) is 0 Å². The highest BCUT2D eigenvalue weighted by Gasteiger charge is 2.30. The predicted octanol–water partition coefficient (Wildman–Crippen LogP) is 2.39. The topological polar surface area (TPSA) is 60.8 Å². The molecule has 0 aliphatic carbocycles. The summed E-state index contributed by atoms with van der Waals surface area (Å²) >= 11 is 5.82. The van der Waals surface area contributed by atoms with E-state index in [9.17, 15) is 15.0 Å². The maximum absolute atomic E-state index is 11.2. The van der Waals surface area contributed by atoms with E-state index in [1.165, 1.54) is 6.07 Å². The van der Waals surface area contributed by atoms with E-state index < -0.39 is 11.6 Å². The first-order valence-corrected chi connectivity index (χ1v) is 6.27. The lowest BCUT2D eigenvalue weighted by atomic mass is 9.94. The molecule has 1 atom stereocenters. The van der Waals surface area contributed by atoms with Gasteiger partial charge in [0.1, 0.15) is 0 Å². The zero-order chi connectivity index (χ0) is 13.3. The molecule has 1 aromatic carbocycles. The molecular formula is C13H16ClNO3. The van der Waals surface area contributed by atoms with Gasteiger partial charge in [0.2, 0.25) is 0 Å². The average molecular weight is 270 g/mol. The maximum atomic E-state index is 11.2. The Bertz CT molecular complexity index is 473. The Morgan fingerprint density at radius 1 is 1.50 bits per heavy atom. The predicted molar refractivity (Wildman–Crippen MR) is 70.5 cm³/mol. The van der Waals surface area contributed by atoms with Gasteiger partial charge in [0.25, 0.3) is 0 Å². The van der Waals surface area contributed by atoms with Crippen molar-refractivity contribution in [2.45, 2.75) is 25.4 Å². The van der Waals surface area contributed by atoms with Crippen molar-refractivity contribution in [3.05, 3.63) is 28.8 Å². The van der Waals surface area contributed by atoms with Crippen LogP contribution in [0.4, 0.5) is 5.69 Å². The van der Waals surface area contributed by atoms with Crippen molar-refractivity contribution in [2.24, 2.45) is 0 Å². The number of halogens is 1. The average Bonchev–Trinajstić information content (AvgIpc) is 2.27. The van der Waals surface area contributed by atoms with Crippen LogP contribution in [-0.2, 0) is 0 Å². The lowest BCUT2D eigenvalue weighted by Crippen LogP contribution is -2.46. The van der Waals surface area contributed by atoms with Gasteiger partial charge in [-0.1, -0.05) is 11.6 Å². The van der Waals surface area contributed by atoms with Gasteiger partial charge >= 0.3 is 5.97 Å². The van der Waals surface area contributed by atoms with Gasteiger partial charge < -0.3 is 15.1 Å². The number of benzene rings is 1. The quantitative estimate of drug-likeness (QED) is 0.865. The van der Waals surface area contributed by atoms with Gasteiger partial charge in [0.05, 0.1) is 16.9 Å². The molecule has 2 N–H and O–H groups in total. The first-order chi connectivity index (χ1) is 8.39. The van der Waals surface area contributed by atoms with E-state index in [0.717, 1.165) is 19.4 Å². The monoisotopic (exact) mass is 269 g/mol. The van der Waals surface area contributed by atoms with Gasteiger partial charge in [-0.05, 0) is 38.0 Å². The van der Waals surface area contributed by atoms with E-state index in [0.29, 0.717) is 17.3 Å². The number of β-amino-alcohol motifs (C(OH)–C–C–N with tert-alkyl or cyclic N) is 1. The number of carboxylic acid groups (broad SMARTS) is 1. The van der Waals surface area contributed by atoms with Crippen LogP contribution in [0.5, 0.6) is 0 Å². The number of carbonyl (C=O) groups is 1. The Hall–Kier alpha value is -1.26. The van der Waals surface area contributed by atoms with E-state index in [1.807, 2.05) is 4.90 Å². The summed E-state index contributed by atoms with van der Waals surface area (Å²) in [6.07, 6.45) is 1.58. The molecule has 1 aliphatic heterocycles. The number of carboxylic acids is 1. The van der Waals surface area contributed by atoms with Gasteiger partial charge in [0, 0.05) is 18.1 Å². The van der Waals surface area contributed by atoms with Crippen molar-refractivity contribution in [3.63, 3.8) is 0 Å². The number of hydrogen-bond donors (Lipinski definition) is 2. The Labute approximate surface area is 111 Å². The molecule has 2 rings (SSSR count). The van der Waals surface area contributed by atoms with Crippen molar-refractivity contribution in [3.8, 4) is 0 Å². The molecular weight excluding hydrogens is 254 g/mol. The summed E-state index contributed by atoms with van der Waals surface area (Å²) < 4.78 is 0. The third-order valence-corrected chi connectivity index (χ3v) is 3.44. The van der Waals surface area contributed by atoms with Gasteiger partial charge in [-0.2, -0.15) is 0 Å². The lowest BCUT2D eigenvalue weighted by molar-refractivity contribution is 0.0446. The first-order valence-electron chi connectivity index (χ1n) is 5.89. The molecule has 0 spiro atoms. The SMILES string of the molecule is CC1(O)CCCN(c2ccc(Cl)cc2C(=O)O)C1. The van der Waals surface area contributed by atoms with Crippen LogP contribution < -0.4 is 4.90 Å². The summed E-state index contributed by atoms with van der Waals surface area (Å²) in [6.45, 7) is 2.96. The number of aliphatic hydroxyl groups is 1. The minimum absolute atomic E-state index is 0.181. The van der Waals surface area contributed by atoms with Crippen molar-refractivity contribution in [1.82, 2.24) is 0 Å². The third-order valence-electron chi connectivity index (χ3n) is 3.20. The first kappa shape index (κ1) is 13.2. The highest BCUT2D eigenvalue weighted by Crippen LogP contribution is 2.30. The van der Waals surface area contributed by atoms with Crippen molar-refractivity contribution >= 4 is 23.3 Å². The van der Waals surface area contributed by atoms with Crippen LogP contribution in [0, 0.1) is 0 Å². The highest BCUT2D eigenvalue weighted by molar-refractivity contribution is 6.31. The van der Waals surface area contributed by atoms with Crippen LogP contribution in [0.1, 0.15) is 30.1 Å². The molecule has 1 aliphatic rings. The largest absolute Gasteiger partial charge is 0.478 e. The Kier molecular flexibility index (Phi) is 3.50. The number of piperidine rings is 1. The fourth-order valence-corrected chi connectivity index (χ4v) is 2.55. The molecule has 1 heterocycles. The fraction of sp³-hybridized carbons (Fsp3) is 0.462. The summed E-state index contributed by atoms with van der Waals surface area (Å²) in [4.78, 5) is 13.1. The molecule has 1 fully saturated rings. The number of aromatic carboxylic acids is 1.